The molecule has 0 spiro atoms. The van der Waals surface area contributed by atoms with Crippen LogP contribution in [-0.4, -0.2) is 41.4 Å². The lowest BCUT2D eigenvalue weighted by Crippen LogP contribution is -2.47. The first-order valence-electron chi connectivity index (χ1n) is 9.32. The second-order valence-electron chi connectivity index (χ2n) is 7.32. The number of aromatic nitrogens is 2. The first-order valence-corrected chi connectivity index (χ1v) is 11.2. The highest BCUT2D eigenvalue weighted by molar-refractivity contribution is 7.87. The van der Waals surface area contributed by atoms with E-state index in [9.17, 15) is 17.6 Å². The fraction of sp³-hybridized carbons (Fsp3) is 0.556. The number of nitrogens with zero attached hydrogens (tertiary/aromatic N) is 2. The van der Waals surface area contributed by atoms with E-state index in [-0.39, 0.29) is 24.4 Å². The predicted molar refractivity (Wildman–Crippen MR) is 107 cm³/mol. The van der Waals surface area contributed by atoms with E-state index in [4.69, 9.17) is 16.0 Å². The lowest BCUT2D eigenvalue weighted by Gasteiger charge is -2.31. The molecule has 1 aliphatic rings. The summed E-state index contributed by atoms with van der Waals surface area (Å²) in [5, 5.41) is 5.86. The number of halogens is 2. The highest BCUT2D eigenvalue weighted by atomic mass is 35.5. The number of alkyl halides is 1. The number of H-pyrrole nitrogens is 1. The number of benzene rings is 1. The molecule has 1 aliphatic heterocycles. The van der Waals surface area contributed by atoms with Gasteiger partial charge in [-0.1, -0.05) is 13.0 Å². The van der Waals surface area contributed by atoms with Crippen molar-refractivity contribution in [2.45, 2.75) is 50.9 Å². The van der Waals surface area contributed by atoms with Gasteiger partial charge in [-0.3, -0.25) is 0 Å². The third-order valence-corrected chi connectivity index (χ3v) is 7.44. The molecule has 3 rings (SSSR count). The Balaban J connectivity index is 1.98. The minimum atomic E-state index is -3.95. The van der Waals surface area contributed by atoms with E-state index in [1.165, 1.54) is 10.4 Å². The molecule has 1 saturated heterocycles. The van der Waals surface area contributed by atoms with Crippen LogP contribution in [0.1, 0.15) is 54.3 Å². The zero-order chi connectivity index (χ0) is 21.3. The van der Waals surface area contributed by atoms with Gasteiger partial charge in [-0.25, -0.2) is 14.3 Å². The van der Waals surface area contributed by atoms with Gasteiger partial charge in [0.05, 0.1) is 0 Å². The van der Waals surface area contributed by atoms with Gasteiger partial charge >= 0.3 is 5.76 Å². The first kappa shape index (κ1) is 21.9. The highest BCUT2D eigenvalue weighted by Crippen LogP contribution is 2.35. The molecule has 2 N–H and O–H groups in total. The fourth-order valence-electron chi connectivity index (χ4n) is 3.57. The van der Waals surface area contributed by atoms with E-state index in [1.54, 1.807) is 19.9 Å². The van der Waals surface area contributed by atoms with Crippen molar-refractivity contribution >= 4 is 21.8 Å². The molecule has 29 heavy (non-hydrogen) atoms. The SMILES string of the molecule is Cc1ccc(F)c([C@H](C)[C@H](NS(=O)(=O)N2CCC(Cl)CC2)c2n[nH]c(=O)o2)c1C. The summed E-state index contributed by atoms with van der Waals surface area (Å²) >= 11 is 6.07. The van der Waals surface area contributed by atoms with Gasteiger partial charge < -0.3 is 4.42 Å². The number of piperidine rings is 1. The Morgan fingerprint density at radius 3 is 2.59 bits per heavy atom. The Labute approximate surface area is 173 Å². The molecule has 160 valence electrons. The third-order valence-electron chi connectivity index (χ3n) is 5.41. The Bertz CT molecular complexity index is 1030. The van der Waals surface area contributed by atoms with Gasteiger partial charge in [0, 0.05) is 24.4 Å². The van der Waals surface area contributed by atoms with Gasteiger partial charge in [0.15, 0.2) is 0 Å². The summed E-state index contributed by atoms with van der Waals surface area (Å²) in [6.07, 6.45) is 1.07. The van der Waals surface area contributed by atoms with Crippen molar-refractivity contribution in [1.82, 2.24) is 19.2 Å². The summed E-state index contributed by atoms with van der Waals surface area (Å²) in [4.78, 5) is 11.5. The van der Waals surface area contributed by atoms with Crippen molar-refractivity contribution in [2.24, 2.45) is 0 Å². The lowest BCUT2D eigenvalue weighted by atomic mass is 9.88. The van der Waals surface area contributed by atoms with Gasteiger partial charge in [-0.05, 0) is 49.4 Å². The minimum absolute atomic E-state index is 0.0652. The van der Waals surface area contributed by atoms with Crippen LogP contribution < -0.4 is 10.5 Å². The van der Waals surface area contributed by atoms with Crippen molar-refractivity contribution in [1.29, 1.82) is 0 Å². The zero-order valence-corrected chi connectivity index (χ0v) is 18.0. The smallest absolute Gasteiger partial charge is 0.391 e. The quantitative estimate of drug-likeness (QED) is 0.663. The molecule has 2 aromatic rings. The predicted octanol–water partition coefficient (Wildman–Crippen LogP) is 2.50. The maximum Gasteiger partial charge on any atom is 0.434 e. The van der Waals surface area contributed by atoms with Crippen LogP contribution in [0.2, 0.25) is 0 Å². The number of aromatic amines is 1. The molecule has 1 fully saturated rings. The summed E-state index contributed by atoms with van der Waals surface area (Å²) in [5.41, 5.74) is 1.90. The van der Waals surface area contributed by atoms with Crippen molar-refractivity contribution < 1.29 is 17.2 Å². The normalized spacial score (nSPS) is 18.7. The van der Waals surface area contributed by atoms with E-state index in [1.807, 2.05) is 6.92 Å². The van der Waals surface area contributed by atoms with E-state index >= 15 is 0 Å². The van der Waals surface area contributed by atoms with Crippen LogP contribution in [0.25, 0.3) is 0 Å². The van der Waals surface area contributed by atoms with Crippen molar-refractivity contribution in [3.05, 3.63) is 51.1 Å². The van der Waals surface area contributed by atoms with Crippen LogP contribution in [0, 0.1) is 19.7 Å². The number of hydrogen-bond donors (Lipinski definition) is 2. The lowest BCUT2D eigenvalue weighted by molar-refractivity contribution is 0.327. The number of nitrogens with one attached hydrogen (secondary N) is 2. The van der Waals surface area contributed by atoms with Gasteiger partial charge in [-0.2, -0.15) is 17.4 Å². The second-order valence-corrected chi connectivity index (χ2v) is 9.64. The van der Waals surface area contributed by atoms with E-state index in [0.717, 1.165) is 5.56 Å². The molecule has 0 amide bonds. The minimum Gasteiger partial charge on any atom is -0.391 e. The third kappa shape index (κ3) is 4.71. The maximum atomic E-state index is 14.7. The summed E-state index contributed by atoms with van der Waals surface area (Å²) < 4.78 is 49.5. The van der Waals surface area contributed by atoms with Crippen LogP contribution in [0.4, 0.5) is 4.39 Å². The molecule has 2 heterocycles. The van der Waals surface area contributed by atoms with Crippen molar-refractivity contribution in [2.75, 3.05) is 13.1 Å². The van der Waals surface area contributed by atoms with Crippen LogP contribution in [0.3, 0.4) is 0 Å². The van der Waals surface area contributed by atoms with Gasteiger partial charge in [0.2, 0.25) is 5.89 Å². The molecular weight excluding hydrogens is 423 g/mol. The molecular formula is C18H24ClFN4O4S. The highest BCUT2D eigenvalue weighted by Gasteiger charge is 2.36. The monoisotopic (exact) mass is 446 g/mol. The Kier molecular flexibility index (Phi) is 6.47. The van der Waals surface area contributed by atoms with Crippen LogP contribution >= 0.6 is 11.6 Å². The van der Waals surface area contributed by atoms with Crippen LogP contribution in [0.5, 0.6) is 0 Å². The summed E-state index contributed by atoms with van der Waals surface area (Å²) in [7, 11) is -3.95. The first-order chi connectivity index (χ1) is 13.6. The molecule has 0 aliphatic carbocycles. The topological polar surface area (TPSA) is 108 Å². The largest absolute Gasteiger partial charge is 0.434 e. The van der Waals surface area contributed by atoms with E-state index in [2.05, 4.69) is 14.9 Å². The van der Waals surface area contributed by atoms with Crippen LogP contribution in [-0.2, 0) is 10.2 Å². The van der Waals surface area contributed by atoms with E-state index < -0.39 is 33.7 Å². The molecule has 2 atom stereocenters. The molecule has 8 nitrogen and oxygen atoms in total. The average Bonchev–Trinajstić information content (AvgIpc) is 3.09. The standard InChI is InChI=1S/C18H24ClFN4O4S/c1-10-4-5-14(20)15(11(10)2)12(3)16(17-21-22-18(25)28-17)23-29(26,27)24-8-6-13(19)7-9-24/h4-5,12-13,16,23H,6-9H2,1-3H3,(H,22,25)/t12-,16-/m0/s1. The average molecular weight is 447 g/mol. The van der Waals surface area contributed by atoms with Crippen LogP contribution in [0.15, 0.2) is 21.3 Å². The Morgan fingerprint density at radius 2 is 2.00 bits per heavy atom. The Morgan fingerprint density at radius 1 is 1.34 bits per heavy atom. The summed E-state index contributed by atoms with van der Waals surface area (Å²) in [5.74, 6) is -2.13. The number of rotatable bonds is 6. The second kappa shape index (κ2) is 8.55. The summed E-state index contributed by atoms with van der Waals surface area (Å²) in [6, 6.07) is 1.92. The molecule has 0 unspecified atom stereocenters. The Hall–Kier alpha value is -1.75. The van der Waals surface area contributed by atoms with Gasteiger partial charge in [-0.15, -0.1) is 16.7 Å². The van der Waals surface area contributed by atoms with Gasteiger partial charge in [0.25, 0.3) is 10.2 Å². The fourth-order valence-corrected chi connectivity index (χ4v) is 5.23. The number of hydrogen-bond acceptors (Lipinski definition) is 5. The van der Waals surface area contributed by atoms with Gasteiger partial charge in [0.1, 0.15) is 11.9 Å². The van der Waals surface area contributed by atoms with E-state index in [0.29, 0.717) is 24.0 Å². The molecule has 11 heteroatoms. The summed E-state index contributed by atoms with van der Waals surface area (Å²) in [6.45, 7) is 5.81. The molecule has 1 aromatic heterocycles. The zero-order valence-electron chi connectivity index (χ0n) is 16.4. The molecule has 0 saturated carbocycles. The maximum absolute atomic E-state index is 14.7. The van der Waals surface area contributed by atoms with Crippen molar-refractivity contribution in [3.63, 3.8) is 0 Å². The molecule has 0 radical (unpaired) electrons. The number of aryl methyl sites for hydroxylation is 1. The van der Waals surface area contributed by atoms with Crippen molar-refractivity contribution in [3.8, 4) is 0 Å². The molecule has 1 aromatic carbocycles. The molecule has 0 bridgehead atoms.